The van der Waals surface area contributed by atoms with Gasteiger partial charge in [-0.1, -0.05) is 6.92 Å². The second kappa shape index (κ2) is 4.54. The largest absolute Gasteiger partial charge is 0.363 e. The molecule has 0 heterocycles. The molecule has 1 aliphatic carbocycles. The van der Waals surface area contributed by atoms with Crippen molar-refractivity contribution >= 4 is 17.3 Å². The van der Waals surface area contributed by atoms with Crippen LogP contribution >= 0.6 is 12.2 Å². The molecule has 0 spiro atoms. The number of hydrogen-bond donors (Lipinski definition) is 2. The third kappa shape index (κ3) is 3.06. The quantitative estimate of drug-likeness (QED) is 0.629. The maximum Gasteiger partial charge on any atom is 0.166 e. The standard InChI is InChI=1S/C8H16N2S/c1-2-6-9-8(11)10-7-4-3-5-7/h7H,2-6H2,1H3,(H2,9,10,11). The van der Waals surface area contributed by atoms with E-state index in [1.807, 2.05) is 0 Å². The van der Waals surface area contributed by atoms with Gasteiger partial charge in [-0.15, -0.1) is 0 Å². The van der Waals surface area contributed by atoms with Crippen molar-refractivity contribution in [2.45, 2.75) is 38.6 Å². The summed E-state index contributed by atoms with van der Waals surface area (Å²) in [4.78, 5) is 0. The first-order chi connectivity index (χ1) is 5.33. The van der Waals surface area contributed by atoms with Crippen LogP contribution in [0.4, 0.5) is 0 Å². The molecule has 1 fully saturated rings. The summed E-state index contributed by atoms with van der Waals surface area (Å²) in [5.41, 5.74) is 0. The zero-order valence-electron chi connectivity index (χ0n) is 7.02. The van der Waals surface area contributed by atoms with Crippen molar-refractivity contribution in [1.29, 1.82) is 0 Å². The van der Waals surface area contributed by atoms with Gasteiger partial charge in [0.05, 0.1) is 0 Å². The number of nitrogens with one attached hydrogen (secondary N) is 2. The molecule has 1 saturated carbocycles. The van der Waals surface area contributed by atoms with Gasteiger partial charge >= 0.3 is 0 Å². The van der Waals surface area contributed by atoms with Crippen LogP contribution < -0.4 is 10.6 Å². The molecule has 0 amide bonds. The third-order valence-corrected chi connectivity index (χ3v) is 2.24. The summed E-state index contributed by atoms with van der Waals surface area (Å²) in [6.45, 7) is 3.12. The van der Waals surface area contributed by atoms with Crippen molar-refractivity contribution in [2.24, 2.45) is 0 Å². The van der Waals surface area contributed by atoms with E-state index >= 15 is 0 Å². The summed E-state index contributed by atoms with van der Waals surface area (Å²) in [6.07, 6.45) is 5.06. The highest BCUT2D eigenvalue weighted by Crippen LogP contribution is 2.17. The molecule has 2 nitrogen and oxygen atoms in total. The van der Waals surface area contributed by atoms with Crippen LogP contribution in [0.25, 0.3) is 0 Å². The van der Waals surface area contributed by atoms with Gasteiger partial charge in [-0.2, -0.15) is 0 Å². The Bertz CT molecular complexity index is 132. The molecule has 0 bridgehead atoms. The molecule has 0 aromatic heterocycles. The van der Waals surface area contributed by atoms with E-state index in [1.54, 1.807) is 0 Å². The van der Waals surface area contributed by atoms with Crippen molar-refractivity contribution in [1.82, 2.24) is 10.6 Å². The molecular weight excluding hydrogens is 156 g/mol. The average Bonchev–Trinajstić information content (AvgIpc) is 1.93. The highest BCUT2D eigenvalue weighted by atomic mass is 32.1. The lowest BCUT2D eigenvalue weighted by Gasteiger charge is -2.27. The number of thiocarbonyl (C=S) groups is 1. The van der Waals surface area contributed by atoms with Crippen molar-refractivity contribution in [3.8, 4) is 0 Å². The van der Waals surface area contributed by atoms with E-state index in [1.165, 1.54) is 19.3 Å². The Morgan fingerprint density at radius 2 is 2.27 bits per heavy atom. The van der Waals surface area contributed by atoms with Gasteiger partial charge in [-0.05, 0) is 37.9 Å². The summed E-state index contributed by atoms with van der Waals surface area (Å²) >= 11 is 5.07. The van der Waals surface area contributed by atoms with E-state index in [0.29, 0.717) is 6.04 Å². The Labute approximate surface area is 73.7 Å². The molecule has 1 rings (SSSR count). The summed E-state index contributed by atoms with van der Waals surface area (Å²) in [5.74, 6) is 0. The minimum atomic E-state index is 0.659. The molecule has 0 aliphatic heterocycles. The average molecular weight is 172 g/mol. The Hall–Kier alpha value is -0.310. The lowest BCUT2D eigenvalue weighted by molar-refractivity contribution is 0.382. The molecule has 0 aromatic rings. The first-order valence-corrected chi connectivity index (χ1v) is 4.78. The zero-order valence-corrected chi connectivity index (χ0v) is 7.84. The van der Waals surface area contributed by atoms with Gasteiger partial charge < -0.3 is 10.6 Å². The highest BCUT2D eigenvalue weighted by molar-refractivity contribution is 7.80. The van der Waals surface area contributed by atoms with E-state index in [9.17, 15) is 0 Å². The van der Waals surface area contributed by atoms with E-state index in [4.69, 9.17) is 12.2 Å². The summed E-state index contributed by atoms with van der Waals surface area (Å²) in [7, 11) is 0. The molecule has 0 aromatic carbocycles. The van der Waals surface area contributed by atoms with E-state index < -0.39 is 0 Å². The zero-order chi connectivity index (χ0) is 8.10. The predicted octanol–water partition coefficient (Wildman–Crippen LogP) is 1.41. The molecule has 0 radical (unpaired) electrons. The fourth-order valence-electron chi connectivity index (χ4n) is 1.03. The predicted molar refractivity (Wildman–Crippen MR) is 51.7 cm³/mol. The van der Waals surface area contributed by atoms with Crippen molar-refractivity contribution in [3.05, 3.63) is 0 Å². The normalized spacial score (nSPS) is 17.2. The number of hydrogen-bond acceptors (Lipinski definition) is 1. The summed E-state index contributed by atoms with van der Waals surface area (Å²) < 4.78 is 0. The Balaban J connectivity index is 2.00. The molecular formula is C8H16N2S. The Kier molecular flexibility index (Phi) is 3.63. The fourth-order valence-corrected chi connectivity index (χ4v) is 1.30. The molecule has 0 saturated heterocycles. The van der Waals surface area contributed by atoms with Gasteiger partial charge in [0.1, 0.15) is 0 Å². The minimum absolute atomic E-state index is 0.659. The molecule has 2 N–H and O–H groups in total. The lowest BCUT2D eigenvalue weighted by atomic mass is 9.93. The molecule has 11 heavy (non-hydrogen) atoms. The van der Waals surface area contributed by atoms with E-state index in [2.05, 4.69) is 17.6 Å². The van der Waals surface area contributed by atoms with Gasteiger partial charge in [0.25, 0.3) is 0 Å². The SMILES string of the molecule is CCCNC(=S)NC1CCC1. The van der Waals surface area contributed by atoms with Gasteiger partial charge in [0.2, 0.25) is 0 Å². The fraction of sp³-hybridized carbons (Fsp3) is 0.875. The van der Waals surface area contributed by atoms with Crippen LogP contribution in [0.1, 0.15) is 32.6 Å². The van der Waals surface area contributed by atoms with Crippen LogP contribution in [-0.4, -0.2) is 17.7 Å². The molecule has 0 unspecified atom stereocenters. The monoisotopic (exact) mass is 172 g/mol. The Morgan fingerprint density at radius 3 is 2.73 bits per heavy atom. The number of rotatable bonds is 3. The second-order valence-corrected chi connectivity index (χ2v) is 3.44. The van der Waals surface area contributed by atoms with Crippen LogP contribution in [0.3, 0.4) is 0 Å². The summed E-state index contributed by atoms with van der Waals surface area (Å²) in [6, 6.07) is 0.659. The maximum atomic E-state index is 5.07. The van der Waals surface area contributed by atoms with Gasteiger partial charge in [0, 0.05) is 12.6 Å². The second-order valence-electron chi connectivity index (χ2n) is 3.03. The topological polar surface area (TPSA) is 24.1 Å². The lowest BCUT2D eigenvalue weighted by Crippen LogP contribution is -2.45. The third-order valence-electron chi connectivity index (χ3n) is 1.98. The summed E-state index contributed by atoms with van der Waals surface area (Å²) in [5, 5.41) is 7.25. The highest BCUT2D eigenvalue weighted by Gasteiger charge is 2.17. The van der Waals surface area contributed by atoms with Crippen LogP contribution in [0, 0.1) is 0 Å². The van der Waals surface area contributed by atoms with Crippen molar-refractivity contribution in [2.75, 3.05) is 6.54 Å². The van der Waals surface area contributed by atoms with E-state index in [-0.39, 0.29) is 0 Å². The first kappa shape index (κ1) is 8.78. The molecule has 1 aliphatic rings. The van der Waals surface area contributed by atoms with Crippen LogP contribution in [0.5, 0.6) is 0 Å². The van der Waals surface area contributed by atoms with Crippen LogP contribution in [0.2, 0.25) is 0 Å². The molecule has 64 valence electrons. The molecule has 0 atom stereocenters. The van der Waals surface area contributed by atoms with Gasteiger partial charge in [-0.25, -0.2) is 0 Å². The van der Waals surface area contributed by atoms with E-state index in [0.717, 1.165) is 18.1 Å². The Morgan fingerprint density at radius 1 is 1.55 bits per heavy atom. The molecule has 3 heteroatoms. The van der Waals surface area contributed by atoms with Gasteiger partial charge in [0.15, 0.2) is 5.11 Å². The van der Waals surface area contributed by atoms with Crippen molar-refractivity contribution in [3.63, 3.8) is 0 Å². The minimum Gasteiger partial charge on any atom is -0.363 e. The first-order valence-electron chi connectivity index (χ1n) is 4.37. The van der Waals surface area contributed by atoms with Gasteiger partial charge in [-0.3, -0.25) is 0 Å². The van der Waals surface area contributed by atoms with Crippen LogP contribution in [-0.2, 0) is 0 Å². The van der Waals surface area contributed by atoms with Crippen molar-refractivity contribution < 1.29 is 0 Å². The smallest absolute Gasteiger partial charge is 0.166 e. The maximum absolute atomic E-state index is 5.07. The van der Waals surface area contributed by atoms with Crippen LogP contribution in [0.15, 0.2) is 0 Å².